The van der Waals surface area contributed by atoms with E-state index in [9.17, 15) is 0 Å². The van der Waals surface area contributed by atoms with Crippen LogP contribution in [0.4, 0.5) is 0 Å². The minimum atomic E-state index is 0.508. The van der Waals surface area contributed by atoms with Crippen LogP contribution in [0, 0.1) is 5.92 Å². The van der Waals surface area contributed by atoms with Crippen molar-refractivity contribution in [2.24, 2.45) is 5.92 Å². The van der Waals surface area contributed by atoms with Gasteiger partial charge in [0.05, 0.1) is 6.10 Å². The van der Waals surface area contributed by atoms with Crippen molar-refractivity contribution < 1.29 is 4.74 Å². The fourth-order valence-corrected chi connectivity index (χ4v) is 1.71. The molecule has 0 bridgehead atoms. The molecule has 0 amide bonds. The van der Waals surface area contributed by atoms with Crippen LogP contribution < -0.4 is 0 Å². The zero-order valence-corrected chi connectivity index (χ0v) is 11.2. The Kier molecular flexibility index (Phi) is 10.4. The summed E-state index contributed by atoms with van der Waals surface area (Å²) in [4.78, 5) is 0. The highest BCUT2D eigenvalue weighted by Crippen LogP contribution is 2.12. The fourth-order valence-electron chi connectivity index (χ4n) is 1.71. The molecule has 15 heavy (non-hydrogen) atoms. The molecule has 0 N–H and O–H groups in total. The monoisotopic (exact) mass is 214 g/mol. The normalized spacial score (nSPS) is 13.4. The quantitative estimate of drug-likeness (QED) is 0.475. The maximum Gasteiger partial charge on any atom is 0.0572 e. The van der Waals surface area contributed by atoms with Gasteiger partial charge in [0, 0.05) is 6.61 Å². The molecule has 0 fully saturated rings. The van der Waals surface area contributed by atoms with Gasteiger partial charge in [0.2, 0.25) is 0 Å². The first kappa shape index (κ1) is 15.0. The molecular weight excluding hydrogens is 184 g/mol. The molecule has 92 valence electrons. The van der Waals surface area contributed by atoms with E-state index in [-0.39, 0.29) is 0 Å². The summed E-state index contributed by atoms with van der Waals surface area (Å²) in [6.45, 7) is 9.85. The Bertz CT molecular complexity index is 121. The van der Waals surface area contributed by atoms with Crippen molar-refractivity contribution in [2.75, 3.05) is 6.61 Å². The van der Waals surface area contributed by atoms with Crippen LogP contribution in [0.1, 0.15) is 72.6 Å². The average molecular weight is 214 g/mol. The third-order valence-electron chi connectivity index (χ3n) is 2.75. The smallest absolute Gasteiger partial charge is 0.0572 e. The third kappa shape index (κ3) is 10.2. The van der Waals surface area contributed by atoms with Gasteiger partial charge in [-0.25, -0.2) is 0 Å². The van der Waals surface area contributed by atoms with Gasteiger partial charge in [-0.2, -0.15) is 0 Å². The predicted octanol–water partition coefficient (Wildman–Crippen LogP) is 4.80. The van der Waals surface area contributed by atoms with Crippen molar-refractivity contribution in [2.45, 2.75) is 78.7 Å². The van der Waals surface area contributed by atoms with Gasteiger partial charge in [-0.1, -0.05) is 59.8 Å². The van der Waals surface area contributed by atoms with Gasteiger partial charge in [-0.3, -0.25) is 0 Å². The first-order chi connectivity index (χ1) is 7.20. The van der Waals surface area contributed by atoms with Crippen molar-refractivity contribution in [3.63, 3.8) is 0 Å². The minimum Gasteiger partial charge on any atom is -0.378 e. The van der Waals surface area contributed by atoms with Gasteiger partial charge < -0.3 is 4.74 Å². The van der Waals surface area contributed by atoms with Crippen molar-refractivity contribution in [1.29, 1.82) is 0 Å². The second kappa shape index (κ2) is 10.5. The first-order valence-corrected chi connectivity index (χ1v) is 6.82. The fraction of sp³-hybridized carbons (Fsp3) is 1.00. The number of hydrogen-bond donors (Lipinski definition) is 0. The molecule has 0 aromatic rings. The summed E-state index contributed by atoms with van der Waals surface area (Å²) in [6.07, 6.45) is 9.79. The van der Waals surface area contributed by atoms with Gasteiger partial charge in [0.25, 0.3) is 0 Å². The Morgan fingerprint density at radius 1 is 0.933 bits per heavy atom. The summed E-state index contributed by atoms with van der Waals surface area (Å²) in [7, 11) is 0. The lowest BCUT2D eigenvalue weighted by Gasteiger charge is -2.17. The highest BCUT2D eigenvalue weighted by atomic mass is 16.5. The van der Waals surface area contributed by atoms with Gasteiger partial charge in [0.15, 0.2) is 0 Å². The predicted molar refractivity (Wildman–Crippen MR) is 68.2 cm³/mol. The molecule has 0 spiro atoms. The molecular formula is C14H30O. The molecule has 0 heterocycles. The summed E-state index contributed by atoms with van der Waals surface area (Å²) < 4.78 is 5.86. The second-order valence-corrected chi connectivity index (χ2v) is 4.96. The van der Waals surface area contributed by atoms with E-state index in [4.69, 9.17) is 4.74 Å². The largest absolute Gasteiger partial charge is 0.378 e. The summed E-state index contributed by atoms with van der Waals surface area (Å²) in [5.41, 5.74) is 0. The maximum atomic E-state index is 5.86. The topological polar surface area (TPSA) is 9.23 Å². The number of ether oxygens (including phenoxy) is 1. The van der Waals surface area contributed by atoms with Gasteiger partial charge in [-0.15, -0.1) is 0 Å². The maximum absolute atomic E-state index is 5.86. The molecule has 0 aliphatic heterocycles. The van der Waals surface area contributed by atoms with E-state index in [1.807, 2.05) is 0 Å². The Hall–Kier alpha value is -0.0400. The molecule has 1 unspecified atom stereocenters. The standard InChI is InChI=1S/C14H30O/c1-5-7-8-9-10-11-14(6-2)15-12-13(3)4/h13-14H,5-12H2,1-4H3. The molecule has 1 nitrogen and oxygen atoms in total. The molecule has 1 heteroatoms. The summed E-state index contributed by atoms with van der Waals surface area (Å²) >= 11 is 0. The summed E-state index contributed by atoms with van der Waals surface area (Å²) in [5.74, 6) is 0.666. The average Bonchev–Trinajstić information content (AvgIpc) is 2.22. The molecule has 0 aliphatic carbocycles. The summed E-state index contributed by atoms with van der Waals surface area (Å²) in [6, 6.07) is 0. The molecule has 0 radical (unpaired) electrons. The van der Waals surface area contributed by atoms with E-state index in [2.05, 4.69) is 27.7 Å². The number of unbranched alkanes of at least 4 members (excludes halogenated alkanes) is 4. The van der Waals surface area contributed by atoms with Crippen LogP contribution in [0.3, 0.4) is 0 Å². The SMILES string of the molecule is CCCCCCCC(CC)OCC(C)C. The van der Waals surface area contributed by atoms with Crippen LogP contribution in [0.25, 0.3) is 0 Å². The Labute approximate surface area is 96.6 Å². The lowest BCUT2D eigenvalue weighted by molar-refractivity contribution is 0.0269. The zero-order chi connectivity index (χ0) is 11.5. The van der Waals surface area contributed by atoms with Crippen molar-refractivity contribution in [3.05, 3.63) is 0 Å². The van der Waals surface area contributed by atoms with Crippen LogP contribution >= 0.6 is 0 Å². The van der Waals surface area contributed by atoms with Gasteiger partial charge in [0.1, 0.15) is 0 Å². The molecule has 0 aromatic heterocycles. The lowest BCUT2D eigenvalue weighted by Crippen LogP contribution is -2.15. The van der Waals surface area contributed by atoms with E-state index >= 15 is 0 Å². The van der Waals surface area contributed by atoms with Crippen LogP contribution in [0.5, 0.6) is 0 Å². The van der Waals surface area contributed by atoms with Crippen LogP contribution in [-0.2, 0) is 4.74 Å². The Morgan fingerprint density at radius 3 is 2.13 bits per heavy atom. The molecule has 0 aromatic carbocycles. The Balaban J connectivity index is 3.36. The summed E-state index contributed by atoms with van der Waals surface area (Å²) in [5, 5.41) is 0. The Morgan fingerprint density at radius 2 is 1.60 bits per heavy atom. The van der Waals surface area contributed by atoms with Gasteiger partial charge >= 0.3 is 0 Å². The molecule has 0 rings (SSSR count). The van der Waals surface area contributed by atoms with E-state index in [0.29, 0.717) is 12.0 Å². The van der Waals surface area contributed by atoms with E-state index in [1.54, 1.807) is 0 Å². The zero-order valence-electron chi connectivity index (χ0n) is 11.2. The van der Waals surface area contributed by atoms with Crippen molar-refractivity contribution >= 4 is 0 Å². The van der Waals surface area contributed by atoms with E-state index < -0.39 is 0 Å². The molecule has 0 aliphatic rings. The molecule has 0 saturated heterocycles. The highest BCUT2D eigenvalue weighted by Gasteiger charge is 2.06. The van der Waals surface area contributed by atoms with E-state index in [0.717, 1.165) is 6.61 Å². The van der Waals surface area contributed by atoms with Crippen LogP contribution in [0.2, 0.25) is 0 Å². The highest BCUT2D eigenvalue weighted by molar-refractivity contribution is 4.57. The minimum absolute atomic E-state index is 0.508. The van der Waals surface area contributed by atoms with Crippen molar-refractivity contribution in [3.8, 4) is 0 Å². The van der Waals surface area contributed by atoms with E-state index in [1.165, 1.54) is 44.9 Å². The number of rotatable bonds is 10. The third-order valence-corrected chi connectivity index (χ3v) is 2.75. The molecule has 1 atom stereocenters. The van der Waals surface area contributed by atoms with Crippen LogP contribution in [-0.4, -0.2) is 12.7 Å². The first-order valence-electron chi connectivity index (χ1n) is 6.82. The van der Waals surface area contributed by atoms with Crippen molar-refractivity contribution in [1.82, 2.24) is 0 Å². The lowest BCUT2D eigenvalue weighted by atomic mass is 10.1. The number of hydrogen-bond acceptors (Lipinski definition) is 1. The molecule has 0 saturated carbocycles. The van der Waals surface area contributed by atoms with Gasteiger partial charge in [-0.05, 0) is 18.8 Å². The van der Waals surface area contributed by atoms with Crippen LogP contribution in [0.15, 0.2) is 0 Å². The second-order valence-electron chi connectivity index (χ2n) is 4.96.